The number of benzene rings is 1. The molecule has 0 atom stereocenters. The number of nitrogens with zero attached hydrogens (tertiary/aromatic N) is 2. The van der Waals surface area contributed by atoms with Gasteiger partial charge in [-0.15, -0.1) is 11.3 Å². The number of carbonyl (C=O) groups excluding carboxylic acids is 1. The molecule has 0 unspecified atom stereocenters. The Bertz CT molecular complexity index is 709. The van der Waals surface area contributed by atoms with Gasteiger partial charge in [-0.3, -0.25) is 9.69 Å². The van der Waals surface area contributed by atoms with Crippen molar-refractivity contribution >= 4 is 22.4 Å². The molecular formula is C19H25N3OS. The van der Waals surface area contributed by atoms with E-state index in [1.807, 2.05) is 5.38 Å². The minimum atomic E-state index is 0.0372. The molecule has 1 aliphatic rings. The zero-order valence-electron chi connectivity index (χ0n) is 14.7. The van der Waals surface area contributed by atoms with Crippen LogP contribution in [0.1, 0.15) is 36.0 Å². The van der Waals surface area contributed by atoms with Gasteiger partial charge in [0, 0.05) is 10.9 Å². The van der Waals surface area contributed by atoms with Crippen LogP contribution in [0.3, 0.4) is 0 Å². The average molecular weight is 343 g/mol. The Morgan fingerprint density at radius 3 is 2.50 bits per heavy atom. The fourth-order valence-corrected chi connectivity index (χ4v) is 4.23. The molecule has 0 aliphatic carbocycles. The summed E-state index contributed by atoms with van der Waals surface area (Å²) in [5, 5.41) is 5.67. The van der Waals surface area contributed by atoms with Gasteiger partial charge < -0.3 is 5.32 Å². The fraction of sp³-hybridized carbons (Fsp3) is 0.474. The van der Waals surface area contributed by atoms with E-state index in [2.05, 4.69) is 48.1 Å². The molecule has 3 rings (SSSR count). The predicted molar refractivity (Wildman–Crippen MR) is 101 cm³/mol. The zero-order chi connectivity index (χ0) is 17.1. The lowest BCUT2D eigenvalue weighted by Crippen LogP contribution is -2.36. The minimum Gasteiger partial charge on any atom is -0.301 e. The number of aromatic nitrogens is 1. The molecule has 4 nitrogen and oxygen atoms in total. The van der Waals surface area contributed by atoms with Crippen LogP contribution in [0.2, 0.25) is 0 Å². The van der Waals surface area contributed by atoms with Crippen molar-refractivity contribution < 1.29 is 4.79 Å². The Hall–Kier alpha value is -1.72. The number of hydrogen-bond donors (Lipinski definition) is 1. The summed E-state index contributed by atoms with van der Waals surface area (Å²) in [4.78, 5) is 19.1. The lowest BCUT2D eigenvalue weighted by Gasteiger charge is -2.25. The van der Waals surface area contributed by atoms with Crippen molar-refractivity contribution in [2.75, 3.05) is 25.0 Å². The van der Waals surface area contributed by atoms with Crippen molar-refractivity contribution in [3.8, 4) is 11.3 Å². The Morgan fingerprint density at radius 2 is 1.83 bits per heavy atom. The van der Waals surface area contributed by atoms with E-state index >= 15 is 0 Å². The van der Waals surface area contributed by atoms with Crippen LogP contribution in [0, 0.1) is 20.8 Å². The first-order chi connectivity index (χ1) is 11.5. The van der Waals surface area contributed by atoms with Crippen LogP contribution < -0.4 is 5.32 Å². The molecule has 1 amide bonds. The number of rotatable bonds is 4. The van der Waals surface area contributed by atoms with E-state index in [9.17, 15) is 4.79 Å². The normalized spacial score (nSPS) is 15.5. The fourth-order valence-electron chi connectivity index (χ4n) is 3.51. The molecule has 1 saturated heterocycles. The number of anilines is 1. The van der Waals surface area contributed by atoms with E-state index in [0.717, 1.165) is 18.8 Å². The summed E-state index contributed by atoms with van der Waals surface area (Å²) >= 11 is 1.49. The topological polar surface area (TPSA) is 45.2 Å². The summed E-state index contributed by atoms with van der Waals surface area (Å²) in [6.07, 6.45) is 3.67. The van der Waals surface area contributed by atoms with Crippen molar-refractivity contribution in [1.82, 2.24) is 9.88 Å². The third-order valence-corrected chi connectivity index (χ3v) is 5.26. The highest BCUT2D eigenvalue weighted by molar-refractivity contribution is 7.14. The van der Waals surface area contributed by atoms with Gasteiger partial charge in [0.05, 0.1) is 12.2 Å². The third-order valence-electron chi connectivity index (χ3n) is 4.50. The summed E-state index contributed by atoms with van der Waals surface area (Å²) in [6, 6.07) is 4.35. The Labute approximate surface area is 147 Å². The van der Waals surface area contributed by atoms with Crippen molar-refractivity contribution in [2.45, 2.75) is 40.0 Å². The van der Waals surface area contributed by atoms with Gasteiger partial charge in [0.15, 0.2) is 5.13 Å². The average Bonchev–Trinajstić information content (AvgIpc) is 2.95. The van der Waals surface area contributed by atoms with Gasteiger partial charge in [-0.1, -0.05) is 24.1 Å². The number of carbonyl (C=O) groups is 1. The van der Waals surface area contributed by atoms with Crippen LogP contribution in [0.15, 0.2) is 17.5 Å². The Kier molecular flexibility index (Phi) is 5.31. The third kappa shape index (κ3) is 4.02. The van der Waals surface area contributed by atoms with Crippen LogP contribution in [-0.2, 0) is 4.79 Å². The number of likely N-dealkylation sites (tertiary alicyclic amines) is 1. The van der Waals surface area contributed by atoms with E-state index in [1.54, 1.807) is 0 Å². The van der Waals surface area contributed by atoms with Gasteiger partial charge in [-0.05, 0) is 57.8 Å². The van der Waals surface area contributed by atoms with Crippen LogP contribution in [0.4, 0.5) is 5.13 Å². The largest absolute Gasteiger partial charge is 0.301 e. The summed E-state index contributed by atoms with van der Waals surface area (Å²) < 4.78 is 0. The summed E-state index contributed by atoms with van der Waals surface area (Å²) in [6.45, 7) is 8.86. The van der Waals surface area contributed by atoms with Crippen molar-refractivity contribution in [2.24, 2.45) is 0 Å². The van der Waals surface area contributed by atoms with Gasteiger partial charge in [0.1, 0.15) is 0 Å². The van der Waals surface area contributed by atoms with Crippen LogP contribution in [-0.4, -0.2) is 35.4 Å². The molecule has 0 saturated carbocycles. The first-order valence-electron chi connectivity index (χ1n) is 8.59. The standard InChI is InChI=1S/C19H25N3OS/c1-13-9-14(2)18(15(3)10-13)16-12-24-19(20-16)21-17(23)11-22-7-5-4-6-8-22/h9-10,12H,4-8,11H2,1-3H3,(H,20,21,23). The lowest BCUT2D eigenvalue weighted by molar-refractivity contribution is -0.117. The number of hydrogen-bond acceptors (Lipinski definition) is 4. The van der Waals surface area contributed by atoms with E-state index in [4.69, 9.17) is 0 Å². The molecule has 24 heavy (non-hydrogen) atoms. The van der Waals surface area contributed by atoms with E-state index in [-0.39, 0.29) is 5.91 Å². The SMILES string of the molecule is Cc1cc(C)c(-c2csc(NC(=O)CN3CCCCC3)n2)c(C)c1. The molecular weight excluding hydrogens is 318 g/mol. The lowest BCUT2D eigenvalue weighted by atomic mass is 9.98. The summed E-state index contributed by atoms with van der Waals surface area (Å²) in [5.74, 6) is 0.0372. The molecule has 128 valence electrons. The number of piperidine rings is 1. The first kappa shape index (κ1) is 17.1. The second-order valence-electron chi connectivity index (χ2n) is 6.70. The molecule has 1 aliphatic heterocycles. The highest BCUT2D eigenvalue weighted by Gasteiger charge is 2.16. The number of thiazole rings is 1. The van der Waals surface area contributed by atoms with Gasteiger partial charge in [-0.25, -0.2) is 4.98 Å². The van der Waals surface area contributed by atoms with Crippen molar-refractivity contribution in [1.29, 1.82) is 0 Å². The number of nitrogens with one attached hydrogen (secondary N) is 1. The molecule has 0 spiro atoms. The molecule has 1 fully saturated rings. The maximum Gasteiger partial charge on any atom is 0.240 e. The highest BCUT2D eigenvalue weighted by Crippen LogP contribution is 2.31. The second-order valence-corrected chi connectivity index (χ2v) is 7.55. The van der Waals surface area contributed by atoms with Gasteiger partial charge in [0.2, 0.25) is 5.91 Å². The van der Waals surface area contributed by atoms with Crippen LogP contribution >= 0.6 is 11.3 Å². The molecule has 1 aromatic carbocycles. The quantitative estimate of drug-likeness (QED) is 0.906. The molecule has 5 heteroatoms. The monoisotopic (exact) mass is 343 g/mol. The molecule has 0 bridgehead atoms. The summed E-state index contributed by atoms with van der Waals surface area (Å²) in [5.41, 5.74) is 5.84. The first-order valence-corrected chi connectivity index (χ1v) is 9.47. The van der Waals surface area contributed by atoms with Crippen molar-refractivity contribution in [3.63, 3.8) is 0 Å². The van der Waals surface area contributed by atoms with Crippen LogP contribution in [0.25, 0.3) is 11.3 Å². The smallest absolute Gasteiger partial charge is 0.240 e. The van der Waals surface area contributed by atoms with Crippen LogP contribution in [0.5, 0.6) is 0 Å². The Balaban J connectivity index is 1.68. The van der Waals surface area contributed by atoms with Gasteiger partial charge >= 0.3 is 0 Å². The predicted octanol–water partition coefficient (Wildman–Crippen LogP) is 4.16. The maximum absolute atomic E-state index is 12.2. The molecule has 1 N–H and O–H groups in total. The minimum absolute atomic E-state index is 0.0372. The maximum atomic E-state index is 12.2. The van der Waals surface area contributed by atoms with E-state index < -0.39 is 0 Å². The number of amides is 1. The van der Waals surface area contributed by atoms with E-state index in [1.165, 1.54) is 52.9 Å². The second kappa shape index (κ2) is 7.45. The van der Waals surface area contributed by atoms with Crippen molar-refractivity contribution in [3.05, 3.63) is 34.2 Å². The van der Waals surface area contributed by atoms with E-state index in [0.29, 0.717) is 11.7 Å². The molecule has 1 aromatic heterocycles. The molecule has 2 aromatic rings. The highest BCUT2D eigenvalue weighted by atomic mass is 32.1. The van der Waals surface area contributed by atoms with Gasteiger partial charge in [-0.2, -0.15) is 0 Å². The number of aryl methyl sites for hydroxylation is 3. The zero-order valence-corrected chi connectivity index (χ0v) is 15.5. The molecule has 0 radical (unpaired) electrons. The van der Waals surface area contributed by atoms with Gasteiger partial charge in [0.25, 0.3) is 0 Å². The molecule has 2 heterocycles. The Morgan fingerprint density at radius 1 is 1.17 bits per heavy atom. The summed E-state index contributed by atoms with van der Waals surface area (Å²) in [7, 11) is 0.